The van der Waals surface area contributed by atoms with E-state index in [1.54, 1.807) is 16.8 Å². The van der Waals surface area contributed by atoms with Crippen molar-refractivity contribution in [1.29, 1.82) is 0 Å². The zero-order valence-electron chi connectivity index (χ0n) is 20.5. The predicted molar refractivity (Wildman–Crippen MR) is 132 cm³/mol. The van der Waals surface area contributed by atoms with E-state index in [-0.39, 0.29) is 10.8 Å². The summed E-state index contributed by atoms with van der Waals surface area (Å²) < 4.78 is 0. The molecule has 3 fully saturated rings. The van der Waals surface area contributed by atoms with E-state index in [2.05, 4.69) is 25.1 Å². The number of Topliss-reactive ketones (excluding diaryl/α,β-unsaturated/α-hetero) is 1. The smallest absolute Gasteiger partial charge is 0.139 e. The summed E-state index contributed by atoms with van der Waals surface area (Å²) in [6.07, 6.45) is 14.5. The average Bonchev–Trinajstić information content (AvgIpc) is 3.10. The van der Waals surface area contributed by atoms with Crippen molar-refractivity contribution in [2.45, 2.75) is 78.1 Å². The Balaban J connectivity index is 1.29. The number of allylic oxidation sites excluding steroid dienone is 2. The lowest BCUT2D eigenvalue weighted by atomic mass is 9.47. The number of fused-ring (bicyclic) bond motifs is 5. The minimum atomic E-state index is -0.0396. The minimum absolute atomic E-state index is 0.0396. The fourth-order valence-corrected chi connectivity index (χ4v) is 7.33. The van der Waals surface area contributed by atoms with Crippen LogP contribution >= 0.6 is 0 Å². The lowest BCUT2D eigenvalue weighted by Gasteiger charge is -2.57. The second kappa shape index (κ2) is 9.79. The van der Waals surface area contributed by atoms with Gasteiger partial charge in [-0.05, 0) is 87.0 Å². The second-order valence-electron chi connectivity index (χ2n) is 11.2. The van der Waals surface area contributed by atoms with Crippen molar-refractivity contribution in [3.63, 3.8) is 0 Å². The van der Waals surface area contributed by atoms with Crippen LogP contribution < -0.4 is 17.3 Å². The number of carbonyl (C=O) groups excluding carboxylic acids is 1. The number of hydrogen-bond donors (Lipinski definition) is 3. The van der Waals surface area contributed by atoms with E-state index in [1.165, 1.54) is 12.8 Å². The second-order valence-corrected chi connectivity index (χ2v) is 11.2. The molecular weight excluding hydrogens is 414 g/mol. The van der Waals surface area contributed by atoms with Gasteiger partial charge in [-0.15, -0.1) is 0 Å². The number of oxime groups is 1. The van der Waals surface area contributed by atoms with Crippen LogP contribution in [0.2, 0.25) is 0 Å². The van der Waals surface area contributed by atoms with Crippen LogP contribution in [0, 0.1) is 28.6 Å². The molecule has 4 rings (SSSR count). The number of rotatable bonds is 8. The van der Waals surface area contributed by atoms with Gasteiger partial charge in [0.1, 0.15) is 12.4 Å². The largest absolute Gasteiger partial charge is 0.400 e. The van der Waals surface area contributed by atoms with Crippen LogP contribution in [0.1, 0.15) is 78.1 Å². The average molecular weight is 458 g/mol. The first-order chi connectivity index (χ1) is 15.8. The molecule has 0 bridgehead atoms. The highest BCUT2D eigenvalue weighted by atomic mass is 16.6. The summed E-state index contributed by atoms with van der Waals surface area (Å²) in [6.45, 7) is 6.35. The molecule has 4 aliphatic carbocycles. The molecule has 6 N–H and O–H groups in total. The third-order valence-electron chi connectivity index (χ3n) is 9.34. The first kappa shape index (κ1) is 24.3. The van der Waals surface area contributed by atoms with Crippen molar-refractivity contribution in [3.05, 3.63) is 23.5 Å². The molecule has 0 aromatic heterocycles. The van der Waals surface area contributed by atoms with E-state index in [1.807, 2.05) is 0 Å². The molecule has 5 atom stereocenters. The first-order valence-corrected chi connectivity index (χ1v) is 12.9. The maximum Gasteiger partial charge on any atom is 0.139 e. The Labute approximate surface area is 198 Å². The fraction of sp³-hybridized carbons (Fsp3) is 0.769. The van der Waals surface area contributed by atoms with Crippen LogP contribution in [0.25, 0.3) is 0 Å². The molecule has 0 amide bonds. The summed E-state index contributed by atoms with van der Waals surface area (Å²) >= 11 is 0. The molecule has 0 heterocycles. The van der Waals surface area contributed by atoms with E-state index in [0.717, 1.165) is 57.1 Å². The van der Waals surface area contributed by atoms with Crippen LogP contribution in [0.15, 0.2) is 28.7 Å². The Morgan fingerprint density at radius 2 is 1.94 bits per heavy atom. The maximum atomic E-state index is 12.6. The van der Waals surface area contributed by atoms with E-state index >= 15 is 0 Å². The van der Waals surface area contributed by atoms with E-state index < -0.39 is 0 Å². The Morgan fingerprint density at radius 1 is 1.15 bits per heavy atom. The molecule has 0 aliphatic heterocycles. The van der Waals surface area contributed by atoms with Gasteiger partial charge in [-0.3, -0.25) is 4.79 Å². The lowest BCUT2D eigenvalue weighted by Crippen LogP contribution is -2.50. The number of nitrogens with zero attached hydrogens (tertiary/aromatic N) is 2. The molecular formula is C26H43N5O2. The van der Waals surface area contributed by atoms with Crippen molar-refractivity contribution < 1.29 is 9.63 Å². The monoisotopic (exact) mass is 457 g/mol. The van der Waals surface area contributed by atoms with E-state index in [4.69, 9.17) is 22.1 Å². The van der Waals surface area contributed by atoms with Gasteiger partial charge in [0.05, 0.1) is 5.71 Å². The quantitative estimate of drug-likeness (QED) is 0.291. The number of unbranched alkanes of at least 4 members (excludes halogenated alkanes) is 1. The van der Waals surface area contributed by atoms with Crippen LogP contribution in [0.5, 0.6) is 0 Å². The summed E-state index contributed by atoms with van der Waals surface area (Å²) in [5.41, 5.74) is 14.6. The van der Waals surface area contributed by atoms with Gasteiger partial charge in [-0.25, -0.2) is 5.84 Å². The predicted octanol–water partition coefficient (Wildman–Crippen LogP) is 3.61. The SMILES string of the molecule is CC12CCC3C(CCC4=C/C(=N\OCCCCN(N)/C=C(\N)CN)CC[C@@]43C)C1CCC2=O. The van der Waals surface area contributed by atoms with Gasteiger partial charge in [0.2, 0.25) is 0 Å². The van der Waals surface area contributed by atoms with Gasteiger partial charge in [-0.1, -0.05) is 24.6 Å². The molecule has 0 spiro atoms. The number of hydrogen-bond acceptors (Lipinski definition) is 7. The van der Waals surface area contributed by atoms with Gasteiger partial charge in [0.25, 0.3) is 0 Å². The van der Waals surface area contributed by atoms with Gasteiger partial charge in [0, 0.05) is 36.8 Å². The molecule has 4 aliphatic rings. The minimum Gasteiger partial charge on any atom is -0.400 e. The Bertz CT molecular complexity index is 837. The summed E-state index contributed by atoms with van der Waals surface area (Å²) in [7, 11) is 0. The number of nitrogens with two attached hydrogens (primary N) is 3. The highest BCUT2D eigenvalue weighted by Gasteiger charge is 2.58. The Kier molecular flexibility index (Phi) is 7.20. The Morgan fingerprint density at radius 3 is 2.73 bits per heavy atom. The van der Waals surface area contributed by atoms with Crippen LogP contribution in [-0.2, 0) is 9.63 Å². The third kappa shape index (κ3) is 4.72. The molecule has 7 heteroatoms. The first-order valence-electron chi connectivity index (χ1n) is 12.9. The lowest BCUT2D eigenvalue weighted by molar-refractivity contribution is -0.132. The highest BCUT2D eigenvalue weighted by Crippen LogP contribution is 2.64. The molecule has 0 radical (unpaired) electrons. The van der Waals surface area contributed by atoms with Crippen LogP contribution in [-0.4, -0.2) is 36.2 Å². The normalized spacial score (nSPS) is 37.3. The number of ketones is 1. The van der Waals surface area contributed by atoms with Crippen LogP contribution in [0.4, 0.5) is 0 Å². The van der Waals surface area contributed by atoms with Crippen molar-refractivity contribution >= 4 is 11.5 Å². The van der Waals surface area contributed by atoms with Crippen molar-refractivity contribution in [1.82, 2.24) is 5.01 Å². The number of carbonyl (C=O) groups is 1. The highest BCUT2D eigenvalue weighted by molar-refractivity contribution is 5.96. The standard InChI is InChI=1S/C26H43N5O2/c1-25-11-9-20(30-33-14-4-3-13-31(29)17-19(28)16-27)15-18(25)5-6-21-22-7-8-24(32)26(22,2)12-10-23(21)25/h15,17,21-23H,3-14,16,27-29H2,1-2H3/b19-17-,30-20-/t21?,22?,23?,25-,26?/m0/s1. The summed E-state index contributed by atoms with van der Waals surface area (Å²) in [5.74, 6) is 8.43. The Hall–Kier alpha value is -1.86. The molecule has 0 saturated heterocycles. The molecule has 4 unspecified atom stereocenters. The van der Waals surface area contributed by atoms with E-state index in [9.17, 15) is 4.79 Å². The summed E-state index contributed by atoms with van der Waals surface area (Å²) in [6, 6.07) is 0. The van der Waals surface area contributed by atoms with E-state index in [0.29, 0.717) is 48.9 Å². The summed E-state index contributed by atoms with van der Waals surface area (Å²) in [5, 5.41) is 6.04. The third-order valence-corrected chi connectivity index (χ3v) is 9.34. The fourth-order valence-electron chi connectivity index (χ4n) is 7.33. The van der Waals surface area contributed by atoms with Crippen molar-refractivity contribution in [2.24, 2.45) is 51.0 Å². The van der Waals surface area contributed by atoms with Crippen LogP contribution in [0.3, 0.4) is 0 Å². The van der Waals surface area contributed by atoms with Gasteiger partial charge < -0.3 is 21.3 Å². The molecule has 0 aromatic carbocycles. The summed E-state index contributed by atoms with van der Waals surface area (Å²) in [4.78, 5) is 18.2. The number of hydrazine groups is 1. The molecule has 33 heavy (non-hydrogen) atoms. The van der Waals surface area contributed by atoms with Crippen molar-refractivity contribution in [3.8, 4) is 0 Å². The molecule has 3 saturated carbocycles. The van der Waals surface area contributed by atoms with Crippen molar-refractivity contribution in [2.75, 3.05) is 19.7 Å². The molecule has 184 valence electrons. The maximum absolute atomic E-state index is 12.6. The van der Waals surface area contributed by atoms with Gasteiger partial charge in [-0.2, -0.15) is 0 Å². The van der Waals surface area contributed by atoms with Gasteiger partial charge >= 0.3 is 0 Å². The molecule has 7 nitrogen and oxygen atoms in total. The topological polar surface area (TPSA) is 120 Å². The zero-order valence-corrected chi connectivity index (χ0v) is 20.5. The van der Waals surface area contributed by atoms with Gasteiger partial charge in [0.15, 0.2) is 0 Å². The molecule has 0 aromatic rings. The zero-order chi connectivity index (χ0) is 23.6.